The molecule has 2 amide bonds. The molecule has 7 nitrogen and oxygen atoms in total. The second-order valence-electron chi connectivity index (χ2n) is 7.06. The molecule has 2 aromatic carbocycles. The molecule has 7 heteroatoms. The van der Waals surface area contributed by atoms with Crippen LogP contribution in [0.1, 0.15) is 24.1 Å². The molecule has 0 bridgehead atoms. The lowest BCUT2D eigenvalue weighted by Crippen LogP contribution is -2.38. The van der Waals surface area contributed by atoms with E-state index in [-0.39, 0.29) is 12.1 Å². The highest BCUT2D eigenvalue weighted by Gasteiger charge is 2.18. The quantitative estimate of drug-likeness (QED) is 0.721. The molecule has 1 aromatic heterocycles. The van der Waals surface area contributed by atoms with Gasteiger partial charge in [0.25, 0.3) is 0 Å². The Hall–Kier alpha value is -3.48. The number of nitrogens with zero attached hydrogens (tertiary/aromatic N) is 3. The molecule has 1 N–H and O–H groups in total. The molecule has 0 saturated heterocycles. The van der Waals surface area contributed by atoms with E-state index in [0.717, 1.165) is 28.3 Å². The van der Waals surface area contributed by atoms with Gasteiger partial charge in [-0.15, -0.1) is 0 Å². The van der Waals surface area contributed by atoms with Gasteiger partial charge in [-0.05, 0) is 36.8 Å². The molecule has 0 spiro atoms. The normalized spacial score (nSPS) is 13.6. The fourth-order valence-electron chi connectivity index (χ4n) is 3.22. The van der Waals surface area contributed by atoms with Crippen LogP contribution in [0.2, 0.25) is 0 Å². The zero-order chi connectivity index (χ0) is 20.2. The number of benzene rings is 2. The Bertz CT molecular complexity index is 987. The van der Waals surface area contributed by atoms with E-state index in [1.54, 1.807) is 22.8 Å². The summed E-state index contributed by atoms with van der Waals surface area (Å²) in [5.74, 6) is 1.46. The number of nitrogens with one attached hydrogen (secondary N) is 1. The van der Waals surface area contributed by atoms with E-state index in [4.69, 9.17) is 9.47 Å². The van der Waals surface area contributed by atoms with Crippen molar-refractivity contribution in [3.05, 3.63) is 72.1 Å². The highest BCUT2D eigenvalue weighted by atomic mass is 16.6. The van der Waals surface area contributed by atoms with E-state index in [1.165, 1.54) is 0 Å². The van der Waals surface area contributed by atoms with Gasteiger partial charge in [0.15, 0.2) is 11.5 Å². The summed E-state index contributed by atoms with van der Waals surface area (Å²) in [5.41, 5.74) is 2.91. The van der Waals surface area contributed by atoms with Gasteiger partial charge in [0, 0.05) is 18.8 Å². The van der Waals surface area contributed by atoms with E-state index >= 15 is 0 Å². The van der Waals surface area contributed by atoms with Crippen molar-refractivity contribution in [1.82, 2.24) is 20.0 Å². The van der Waals surface area contributed by atoms with E-state index < -0.39 is 0 Å². The molecule has 4 rings (SSSR count). The molecule has 1 aliphatic heterocycles. The average Bonchev–Trinajstić information content (AvgIpc) is 3.22. The predicted molar refractivity (Wildman–Crippen MR) is 109 cm³/mol. The maximum absolute atomic E-state index is 12.6. The lowest BCUT2D eigenvalue weighted by Gasteiger charge is -2.23. The molecule has 29 heavy (non-hydrogen) atoms. The number of amides is 2. The zero-order valence-electron chi connectivity index (χ0n) is 16.5. The molecule has 0 aliphatic carbocycles. The van der Waals surface area contributed by atoms with Gasteiger partial charge < -0.3 is 19.7 Å². The third-order valence-corrected chi connectivity index (χ3v) is 4.83. The number of hydrogen-bond donors (Lipinski definition) is 1. The van der Waals surface area contributed by atoms with Crippen molar-refractivity contribution in [2.45, 2.75) is 19.5 Å². The number of hydrogen-bond acceptors (Lipinski definition) is 4. The largest absolute Gasteiger partial charge is 0.486 e. The Morgan fingerprint density at radius 3 is 2.72 bits per heavy atom. The van der Waals surface area contributed by atoms with Crippen molar-refractivity contribution in [2.75, 3.05) is 20.3 Å². The van der Waals surface area contributed by atoms with Crippen LogP contribution in [0.15, 0.2) is 60.9 Å². The summed E-state index contributed by atoms with van der Waals surface area (Å²) >= 11 is 0. The van der Waals surface area contributed by atoms with E-state index in [9.17, 15) is 4.79 Å². The Morgan fingerprint density at radius 1 is 1.17 bits per heavy atom. The summed E-state index contributed by atoms with van der Waals surface area (Å²) in [6.45, 7) is 3.51. The molecule has 0 fully saturated rings. The van der Waals surface area contributed by atoms with Crippen LogP contribution >= 0.6 is 0 Å². The number of rotatable bonds is 5. The first-order valence-corrected chi connectivity index (χ1v) is 9.60. The molecule has 1 unspecified atom stereocenters. The molecule has 3 aromatic rings. The second-order valence-corrected chi connectivity index (χ2v) is 7.06. The van der Waals surface area contributed by atoms with Gasteiger partial charge in [0.1, 0.15) is 13.2 Å². The molecule has 1 aliphatic rings. The van der Waals surface area contributed by atoms with Gasteiger partial charge in [-0.2, -0.15) is 5.10 Å². The first kappa shape index (κ1) is 18.9. The Balaban J connectivity index is 1.36. The molecule has 0 saturated carbocycles. The standard InChI is InChI=1S/C22H24N4O3/c1-16(18-8-9-20-21(12-18)29-11-10-28-20)24-22(27)25(2)14-17-13-23-26(15-17)19-6-4-3-5-7-19/h3-9,12-13,15-16H,10-11,14H2,1-2H3,(H,24,27). The zero-order valence-corrected chi connectivity index (χ0v) is 16.5. The molecule has 2 heterocycles. The number of carbonyl (C=O) groups is 1. The smallest absolute Gasteiger partial charge is 0.317 e. The summed E-state index contributed by atoms with van der Waals surface area (Å²) in [6.07, 6.45) is 3.71. The van der Waals surface area contributed by atoms with Crippen molar-refractivity contribution in [1.29, 1.82) is 0 Å². The predicted octanol–water partition coefficient (Wildman–Crippen LogP) is 3.55. The lowest BCUT2D eigenvalue weighted by atomic mass is 10.1. The number of aromatic nitrogens is 2. The van der Waals surface area contributed by atoms with Crippen molar-refractivity contribution < 1.29 is 14.3 Å². The third-order valence-electron chi connectivity index (χ3n) is 4.83. The number of fused-ring (bicyclic) bond motifs is 1. The summed E-state index contributed by atoms with van der Waals surface area (Å²) < 4.78 is 13.0. The topological polar surface area (TPSA) is 68.6 Å². The van der Waals surface area contributed by atoms with Gasteiger partial charge in [0.2, 0.25) is 0 Å². The Morgan fingerprint density at radius 2 is 1.93 bits per heavy atom. The lowest BCUT2D eigenvalue weighted by molar-refractivity contribution is 0.171. The number of para-hydroxylation sites is 1. The van der Waals surface area contributed by atoms with Gasteiger partial charge >= 0.3 is 6.03 Å². The Labute approximate surface area is 169 Å². The highest BCUT2D eigenvalue weighted by Crippen LogP contribution is 2.32. The summed E-state index contributed by atoms with van der Waals surface area (Å²) in [4.78, 5) is 14.3. The molecule has 1 atom stereocenters. The maximum Gasteiger partial charge on any atom is 0.317 e. The van der Waals surface area contributed by atoms with E-state index in [2.05, 4.69) is 10.4 Å². The van der Waals surface area contributed by atoms with E-state index in [0.29, 0.717) is 19.8 Å². The summed E-state index contributed by atoms with van der Waals surface area (Å²) in [6, 6.07) is 15.3. The minimum atomic E-state index is -0.159. The first-order chi connectivity index (χ1) is 14.1. The summed E-state index contributed by atoms with van der Waals surface area (Å²) in [7, 11) is 1.77. The van der Waals surface area contributed by atoms with E-state index in [1.807, 2.05) is 61.7 Å². The SMILES string of the molecule is CC(NC(=O)N(C)Cc1cnn(-c2ccccc2)c1)c1ccc2c(c1)OCCO2. The van der Waals surface area contributed by atoms with Crippen LogP contribution in [0.5, 0.6) is 11.5 Å². The van der Waals surface area contributed by atoms with Gasteiger partial charge in [0.05, 0.1) is 24.5 Å². The number of carbonyl (C=O) groups excluding carboxylic acids is 1. The third kappa shape index (κ3) is 4.34. The fourth-order valence-corrected chi connectivity index (χ4v) is 3.22. The molecule has 150 valence electrons. The van der Waals surface area contributed by atoms with Crippen LogP contribution < -0.4 is 14.8 Å². The average molecular weight is 392 g/mol. The summed E-state index contributed by atoms with van der Waals surface area (Å²) in [5, 5.41) is 7.41. The van der Waals surface area contributed by atoms with Gasteiger partial charge in [-0.3, -0.25) is 0 Å². The maximum atomic E-state index is 12.6. The first-order valence-electron chi connectivity index (χ1n) is 9.60. The Kier molecular flexibility index (Phi) is 5.37. The van der Waals surface area contributed by atoms with Gasteiger partial charge in [-0.1, -0.05) is 24.3 Å². The van der Waals surface area contributed by atoms with Crippen LogP contribution in [-0.2, 0) is 6.54 Å². The van der Waals surface area contributed by atoms with Crippen LogP contribution in [-0.4, -0.2) is 41.0 Å². The van der Waals surface area contributed by atoms with Crippen LogP contribution in [0.4, 0.5) is 4.79 Å². The minimum absolute atomic E-state index is 0.153. The number of urea groups is 1. The van der Waals surface area contributed by atoms with Crippen LogP contribution in [0.3, 0.4) is 0 Å². The van der Waals surface area contributed by atoms with Crippen molar-refractivity contribution in [2.24, 2.45) is 0 Å². The van der Waals surface area contributed by atoms with Gasteiger partial charge in [-0.25, -0.2) is 9.48 Å². The van der Waals surface area contributed by atoms with Crippen LogP contribution in [0, 0.1) is 0 Å². The van der Waals surface area contributed by atoms with Crippen molar-refractivity contribution in [3.63, 3.8) is 0 Å². The second kappa shape index (κ2) is 8.26. The minimum Gasteiger partial charge on any atom is -0.486 e. The molecular formula is C22H24N4O3. The monoisotopic (exact) mass is 392 g/mol. The van der Waals surface area contributed by atoms with Crippen molar-refractivity contribution in [3.8, 4) is 17.2 Å². The number of ether oxygens (including phenoxy) is 2. The highest BCUT2D eigenvalue weighted by molar-refractivity contribution is 5.74. The van der Waals surface area contributed by atoms with Crippen LogP contribution in [0.25, 0.3) is 5.69 Å². The molecule has 0 radical (unpaired) electrons. The van der Waals surface area contributed by atoms with Crippen molar-refractivity contribution >= 4 is 6.03 Å². The molecular weight excluding hydrogens is 368 g/mol. The fraction of sp³-hybridized carbons (Fsp3) is 0.273.